The van der Waals surface area contributed by atoms with Gasteiger partial charge in [0.25, 0.3) is 11.8 Å². The third-order valence-corrected chi connectivity index (χ3v) is 5.98. The van der Waals surface area contributed by atoms with Crippen molar-refractivity contribution < 1.29 is 28.3 Å². The van der Waals surface area contributed by atoms with Crippen LogP contribution in [0.4, 0.5) is 15.8 Å². The number of hydrogen-bond donors (Lipinski definition) is 2. The molecule has 11 heteroatoms. The normalized spacial score (nSPS) is 14.8. The molecule has 1 saturated heterocycles. The second-order valence-corrected chi connectivity index (χ2v) is 8.54. The molecule has 0 aromatic heterocycles. The molecule has 38 heavy (non-hydrogen) atoms. The summed E-state index contributed by atoms with van der Waals surface area (Å²) in [6, 6.07) is 18.5. The molecule has 1 fully saturated rings. The van der Waals surface area contributed by atoms with Gasteiger partial charge in [-0.1, -0.05) is 24.3 Å². The highest BCUT2D eigenvalue weighted by Crippen LogP contribution is 2.26. The number of benzene rings is 3. The molecule has 1 heterocycles. The first-order valence-corrected chi connectivity index (χ1v) is 12.0. The number of carbonyl (C=O) groups is 4. The molecule has 1 aliphatic heterocycles. The Labute approximate surface area is 223 Å². The van der Waals surface area contributed by atoms with Gasteiger partial charge < -0.3 is 10.1 Å². The lowest BCUT2D eigenvalue weighted by molar-refractivity contribution is -0.124. The van der Waals surface area contributed by atoms with E-state index in [-0.39, 0.29) is 23.7 Å². The number of halogens is 1. The summed E-state index contributed by atoms with van der Waals surface area (Å²) in [7, 11) is 0. The van der Waals surface area contributed by atoms with Gasteiger partial charge >= 0.3 is 5.97 Å². The Bertz CT molecular complexity index is 1380. The zero-order valence-corrected chi connectivity index (χ0v) is 21.0. The van der Waals surface area contributed by atoms with E-state index < -0.39 is 35.5 Å². The van der Waals surface area contributed by atoms with Gasteiger partial charge in [-0.05, 0) is 73.7 Å². The van der Waals surface area contributed by atoms with Crippen LogP contribution >= 0.6 is 12.2 Å². The van der Waals surface area contributed by atoms with E-state index in [0.717, 1.165) is 11.1 Å². The highest BCUT2D eigenvalue weighted by atomic mass is 32.1. The van der Waals surface area contributed by atoms with E-state index in [0.29, 0.717) is 16.9 Å². The highest BCUT2D eigenvalue weighted by Gasteiger charge is 2.45. The molecule has 1 unspecified atom stereocenters. The maximum atomic E-state index is 13.7. The van der Waals surface area contributed by atoms with Gasteiger partial charge in [0.1, 0.15) is 11.9 Å². The molecule has 3 amide bonds. The average Bonchev–Trinajstić information content (AvgIpc) is 3.13. The SMILES string of the molecule is CCOC(=O)c1ccc(NC(=O)CC2C(=O)N(c3ccccc3)C(=S)N2NC(=O)c2cccc(F)c2)cc1. The first kappa shape index (κ1) is 26.4. The third-order valence-electron chi connectivity index (χ3n) is 5.60. The Kier molecular flexibility index (Phi) is 8.07. The van der Waals surface area contributed by atoms with Crippen molar-refractivity contribution in [1.82, 2.24) is 10.4 Å². The van der Waals surface area contributed by atoms with Gasteiger partial charge in [0.05, 0.1) is 24.3 Å². The molecule has 0 aliphatic carbocycles. The van der Waals surface area contributed by atoms with Crippen LogP contribution in [0, 0.1) is 5.82 Å². The van der Waals surface area contributed by atoms with E-state index in [4.69, 9.17) is 17.0 Å². The van der Waals surface area contributed by atoms with E-state index in [9.17, 15) is 23.6 Å². The lowest BCUT2D eigenvalue weighted by Crippen LogP contribution is -2.49. The van der Waals surface area contributed by atoms with E-state index in [2.05, 4.69) is 10.7 Å². The van der Waals surface area contributed by atoms with E-state index in [1.54, 1.807) is 37.3 Å². The van der Waals surface area contributed by atoms with Crippen molar-refractivity contribution in [2.24, 2.45) is 0 Å². The van der Waals surface area contributed by atoms with Crippen LogP contribution in [0.2, 0.25) is 0 Å². The van der Waals surface area contributed by atoms with E-state index in [1.165, 1.54) is 47.4 Å². The molecule has 0 radical (unpaired) electrons. The first-order valence-electron chi connectivity index (χ1n) is 11.6. The average molecular weight is 535 g/mol. The fourth-order valence-electron chi connectivity index (χ4n) is 3.81. The molecule has 0 saturated carbocycles. The molecule has 3 aromatic rings. The van der Waals surface area contributed by atoms with Crippen molar-refractivity contribution in [3.63, 3.8) is 0 Å². The van der Waals surface area contributed by atoms with Crippen molar-refractivity contribution in [3.8, 4) is 0 Å². The minimum atomic E-state index is -1.17. The number of hydrogen-bond acceptors (Lipinski definition) is 6. The maximum Gasteiger partial charge on any atom is 0.338 e. The van der Waals surface area contributed by atoms with Gasteiger partial charge in [0, 0.05) is 11.3 Å². The summed E-state index contributed by atoms with van der Waals surface area (Å²) in [4.78, 5) is 52.3. The van der Waals surface area contributed by atoms with Crippen molar-refractivity contribution in [3.05, 3.63) is 95.8 Å². The smallest absolute Gasteiger partial charge is 0.338 e. The Balaban J connectivity index is 1.54. The van der Waals surface area contributed by atoms with Crippen LogP contribution in [-0.4, -0.2) is 46.5 Å². The summed E-state index contributed by atoms with van der Waals surface area (Å²) in [5.74, 6) is -2.84. The summed E-state index contributed by atoms with van der Waals surface area (Å²) in [6.45, 7) is 1.94. The molecule has 1 atom stereocenters. The predicted molar refractivity (Wildman–Crippen MR) is 142 cm³/mol. The molecule has 9 nitrogen and oxygen atoms in total. The van der Waals surface area contributed by atoms with Gasteiger partial charge in [0.15, 0.2) is 0 Å². The van der Waals surface area contributed by atoms with Gasteiger partial charge in [-0.3, -0.25) is 24.7 Å². The van der Waals surface area contributed by atoms with Crippen molar-refractivity contribution in [2.75, 3.05) is 16.8 Å². The standard InChI is InChI=1S/C27H23FN4O5S/c1-2-37-26(36)17-11-13-20(14-12-17)29-23(33)16-22-25(35)31(21-9-4-3-5-10-21)27(38)32(22)30-24(34)18-7-6-8-19(28)15-18/h3-15,22H,2,16H2,1H3,(H,29,33)(H,30,34). The Morgan fingerprint density at radius 1 is 0.974 bits per heavy atom. The third kappa shape index (κ3) is 5.84. The molecular formula is C27H23FN4O5S. The number of nitrogens with zero attached hydrogens (tertiary/aromatic N) is 2. The molecule has 0 bridgehead atoms. The summed E-state index contributed by atoms with van der Waals surface area (Å²) in [6.07, 6.45) is -0.356. The predicted octanol–water partition coefficient (Wildman–Crippen LogP) is 3.68. The first-order chi connectivity index (χ1) is 18.3. The minimum Gasteiger partial charge on any atom is -0.462 e. The second-order valence-electron chi connectivity index (χ2n) is 8.18. The zero-order chi connectivity index (χ0) is 27.2. The van der Waals surface area contributed by atoms with Crippen LogP contribution in [0.5, 0.6) is 0 Å². The zero-order valence-electron chi connectivity index (χ0n) is 20.2. The molecule has 4 rings (SSSR count). The largest absolute Gasteiger partial charge is 0.462 e. The van der Waals surface area contributed by atoms with Crippen LogP contribution in [-0.2, 0) is 14.3 Å². The molecule has 194 valence electrons. The number of esters is 1. The topological polar surface area (TPSA) is 108 Å². The van der Waals surface area contributed by atoms with Crippen LogP contribution in [0.3, 0.4) is 0 Å². The number of amides is 3. The van der Waals surface area contributed by atoms with E-state index >= 15 is 0 Å². The number of thiocarbonyl (C=S) groups is 1. The number of rotatable bonds is 8. The van der Waals surface area contributed by atoms with Crippen molar-refractivity contribution in [2.45, 2.75) is 19.4 Å². The molecule has 1 aliphatic rings. The fourth-order valence-corrected chi connectivity index (χ4v) is 4.18. The van der Waals surface area contributed by atoms with Crippen LogP contribution in [0.25, 0.3) is 0 Å². The summed E-state index contributed by atoms with van der Waals surface area (Å²) in [5.41, 5.74) is 3.75. The van der Waals surface area contributed by atoms with Crippen molar-refractivity contribution >= 4 is 52.4 Å². The number of carbonyl (C=O) groups excluding carboxylic acids is 4. The van der Waals surface area contributed by atoms with Crippen LogP contribution in [0.1, 0.15) is 34.1 Å². The summed E-state index contributed by atoms with van der Waals surface area (Å²) < 4.78 is 18.6. The van der Waals surface area contributed by atoms with Crippen molar-refractivity contribution in [1.29, 1.82) is 0 Å². The monoisotopic (exact) mass is 534 g/mol. The molecule has 3 aromatic carbocycles. The van der Waals surface area contributed by atoms with Crippen LogP contribution in [0.15, 0.2) is 78.9 Å². The molecule has 2 N–H and O–H groups in total. The Morgan fingerprint density at radius 2 is 1.68 bits per heavy atom. The Hall–Kier alpha value is -4.64. The van der Waals surface area contributed by atoms with Gasteiger partial charge in [-0.25, -0.2) is 14.2 Å². The quantitative estimate of drug-likeness (QED) is 0.335. The summed E-state index contributed by atoms with van der Waals surface area (Å²) in [5, 5.41) is 3.78. The second kappa shape index (κ2) is 11.6. The molecule has 0 spiro atoms. The van der Waals surface area contributed by atoms with Gasteiger partial charge in [0.2, 0.25) is 11.0 Å². The number of anilines is 2. The molecular weight excluding hydrogens is 511 g/mol. The fraction of sp³-hybridized carbons (Fsp3) is 0.148. The van der Waals surface area contributed by atoms with Gasteiger partial charge in [-0.2, -0.15) is 0 Å². The lowest BCUT2D eigenvalue weighted by atomic mass is 10.1. The highest BCUT2D eigenvalue weighted by molar-refractivity contribution is 7.80. The van der Waals surface area contributed by atoms with E-state index in [1.807, 2.05) is 0 Å². The number of hydrazine groups is 1. The number of para-hydroxylation sites is 1. The van der Waals surface area contributed by atoms with Gasteiger partial charge in [-0.15, -0.1) is 0 Å². The number of ether oxygens (including phenoxy) is 1. The van der Waals surface area contributed by atoms with Crippen LogP contribution < -0.4 is 15.6 Å². The lowest BCUT2D eigenvalue weighted by Gasteiger charge is -2.24. The minimum absolute atomic E-state index is 0.0169. The Morgan fingerprint density at radius 3 is 2.34 bits per heavy atom. The number of nitrogens with one attached hydrogen (secondary N) is 2. The summed E-state index contributed by atoms with van der Waals surface area (Å²) >= 11 is 5.50. The maximum absolute atomic E-state index is 13.7.